The number of ether oxygens (including phenoxy) is 2. The minimum absolute atomic E-state index is 0.174. The lowest BCUT2D eigenvalue weighted by atomic mass is 9.78. The Labute approximate surface area is 230 Å². The van der Waals surface area contributed by atoms with Crippen LogP contribution in [0.25, 0.3) is 0 Å². The third-order valence-electron chi connectivity index (χ3n) is 8.05. The van der Waals surface area contributed by atoms with E-state index >= 15 is 0 Å². The van der Waals surface area contributed by atoms with E-state index < -0.39 is 23.4 Å². The van der Waals surface area contributed by atoms with Crippen molar-refractivity contribution in [2.45, 2.75) is 24.3 Å². The van der Waals surface area contributed by atoms with Crippen molar-refractivity contribution >= 4 is 46.5 Å². The van der Waals surface area contributed by atoms with Crippen molar-refractivity contribution in [2.75, 3.05) is 49.1 Å². The van der Waals surface area contributed by atoms with Gasteiger partial charge in [-0.05, 0) is 50.2 Å². The van der Waals surface area contributed by atoms with Crippen molar-refractivity contribution in [1.29, 1.82) is 0 Å². The van der Waals surface area contributed by atoms with E-state index in [1.54, 1.807) is 24.5 Å². The first kappa shape index (κ1) is 25.4. The zero-order chi connectivity index (χ0) is 26.3. The Hall–Kier alpha value is -2.92. The predicted molar refractivity (Wildman–Crippen MR) is 142 cm³/mol. The van der Waals surface area contributed by atoms with Crippen LogP contribution in [-0.4, -0.2) is 72.6 Å². The van der Waals surface area contributed by atoms with Crippen LogP contribution in [0.1, 0.15) is 12.8 Å². The quantitative estimate of drug-likeness (QED) is 0.311. The summed E-state index contributed by atoms with van der Waals surface area (Å²) in [5.41, 5.74) is -0.0464. The van der Waals surface area contributed by atoms with Gasteiger partial charge in [-0.2, -0.15) is 0 Å². The lowest BCUT2D eigenvalue weighted by Crippen LogP contribution is -2.75. The third-order valence-corrected chi connectivity index (χ3v) is 8.50. The molecule has 0 unspecified atom stereocenters. The van der Waals surface area contributed by atoms with Crippen molar-refractivity contribution in [3.05, 3.63) is 59.1 Å². The average Bonchev–Trinajstić information content (AvgIpc) is 2.89. The van der Waals surface area contributed by atoms with Gasteiger partial charge in [-0.3, -0.25) is 0 Å². The number of halogens is 2. The fourth-order valence-corrected chi connectivity index (χ4v) is 6.28. The highest BCUT2D eigenvalue weighted by Gasteiger charge is 2.59. The standard InChI is InChI=1S/C26H28Cl2N6O4/c27-21-3-1-19(11-31-21)33-13-17-7-9-29-15-25(17,33)37-23(35)5-6-24(36)38-26-16-30-10-8-18(26)14-34(26)20-2-4-22(28)32-12-20/h1-6,11-12,17-18,29-30H,7-10,13-16H2/b6-5+/t17-,18-,25-,26-/m0/s1. The van der Waals surface area contributed by atoms with Crippen LogP contribution in [-0.2, 0) is 19.1 Å². The number of nitrogens with zero attached hydrogens (tertiary/aromatic N) is 4. The number of aromatic nitrogens is 2. The van der Waals surface area contributed by atoms with Gasteiger partial charge in [-0.25, -0.2) is 19.6 Å². The van der Waals surface area contributed by atoms with Crippen LogP contribution in [0.2, 0.25) is 10.3 Å². The van der Waals surface area contributed by atoms with E-state index in [9.17, 15) is 9.59 Å². The number of nitrogens with one attached hydrogen (secondary N) is 2. The highest BCUT2D eigenvalue weighted by molar-refractivity contribution is 6.29. The van der Waals surface area contributed by atoms with Crippen LogP contribution in [0.5, 0.6) is 0 Å². The second-order valence-electron chi connectivity index (χ2n) is 10.1. The largest absolute Gasteiger partial charge is 0.434 e. The summed E-state index contributed by atoms with van der Waals surface area (Å²) in [4.78, 5) is 38.3. The maximum atomic E-state index is 12.9. The molecule has 2 aromatic rings. The zero-order valence-electron chi connectivity index (χ0n) is 20.6. The second kappa shape index (κ2) is 10.00. The first-order valence-corrected chi connectivity index (χ1v) is 13.5. The Kier molecular flexibility index (Phi) is 6.67. The molecule has 0 saturated carbocycles. The summed E-state index contributed by atoms with van der Waals surface area (Å²) in [6.45, 7) is 4.16. The molecule has 2 N–H and O–H groups in total. The van der Waals surface area contributed by atoms with Gasteiger partial charge in [0.25, 0.3) is 0 Å². The SMILES string of the molecule is O=C(/C=C/C(=O)O[C@@]12CNCC[C@H]1CN2c1ccc(Cl)nc1)O[C@@]12CNCC[C@H]1CN2c1ccc(Cl)nc1. The van der Waals surface area contributed by atoms with Gasteiger partial charge in [0.1, 0.15) is 10.3 Å². The highest BCUT2D eigenvalue weighted by atomic mass is 35.5. The van der Waals surface area contributed by atoms with Gasteiger partial charge in [0.05, 0.1) is 36.9 Å². The maximum Gasteiger partial charge on any atom is 0.333 e. The van der Waals surface area contributed by atoms with E-state index in [0.717, 1.165) is 62.5 Å². The number of hydrogen-bond donors (Lipinski definition) is 2. The van der Waals surface area contributed by atoms with E-state index in [-0.39, 0.29) is 11.8 Å². The molecule has 0 aliphatic carbocycles. The van der Waals surface area contributed by atoms with Gasteiger partial charge < -0.3 is 29.9 Å². The van der Waals surface area contributed by atoms with Crippen molar-refractivity contribution in [2.24, 2.45) is 11.8 Å². The summed E-state index contributed by atoms with van der Waals surface area (Å²) in [5.74, 6) is -0.864. The first-order chi connectivity index (χ1) is 18.4. The van der Waals surface area contributed by atoms with Gasteiger partial charge in [0, 0.05) is 37.1 Å². The summed E-state index contributed by atoms with van der Waals surface area (Å²) in [6, 6.07) is 7.14. The highest BCUT2D eigenvalue weighted by Crippen LogP contribution is 2.46. The molecule has 6 heterocycles. The molecule has 0 radical (unpaired) electrons. The average molecular weight is 559 g/mol. The van der Waals surface area contributed by atoms with Crippen molar-refractivity contribution < 1.29 is 19.1 Å². The van der Waals surface area contributed by atoms with Crippen molar-refractivity contribution in [1.82, 2.24) is 20.6 Å². The molecule has 4 atom stereocenters. The zero-order valence-corrected chi connectivity index (χ0v) is 22.1. The number of esters is 2. The monoisotopic (exact) mass is 558 g/mol. The predicted octanol–water partition coefficient (Wildman–Crippen LogP) is 2.38. The topological polar surface area (TPSA) is 109 Å². The van der Waals surface area contributed by atoms with Crippen LogP contribution in [0.15, 0.2) is 48.8 Å². The lowest BCUT2D eigenvalue weighted by Gasteiger charge is -2.60. The minimum atomic E-state index is -0.845. The van der Waals surface area contributed by atoms with Crippen molar-refractivity contribution in [3.63, 3.8) is 0 Å². The Morgan fingerprint density at radius 2 is 1.26 bits per heavy atom. The summed E-state index contributed by atoms with van der Waals surface area (Å²) >= 11 is 11.9. The van der Waals surface area contributed by atoms with Crippen LogP contribution in [0.4, 0.5) is 11.4 Å². The number of pyridine rings is 2. The molecule has 4 aliphatic heterocycles. The molecular formula is C26H28Cl2N6O4. The summed E-state index contributed by atoms with van der Waals surface area (Å²) < 4.78 is 12.0. The molecule has 6 rings (SSSR count). The number of fused-ring (bicyclic) bond motifs is 2. The summed E-state index contributed by atoms with van der Waals surface area (Å²) in [6.07, 6.45) is 7.39. The van der Waals surface area contributed by atoms with Gasteiger partial charge in [-0.1, -0.05) is 23.2 Å². The molecule has 2 aromatic heterocycles. The van der Waals surface area contributed by atoms with E-state index in [0.29, 0.717) is 23.4 Å². The maximum absolute atomic E-state index is 12.9. The Morgan fingerprint density at radius 1 is 0.816 bits per heavy atom. The van der Waals surface area contributed by atoms with Crippen LogP contribution in [0.3, 0.4) is 0 Å². The third kappa shape index (κ3) is 4.39. The Balaban J connectivity index is 1.14. The molecule has 0 bridgehead atoms. The molecule has 200 valence electrons. The normalized spacial score (nSPS) is 30.1. The number of carbonyl (C=O) groups excluding carboxylic acids is 2. The van der Waals surface area contributed by atoms with E-state index in [1.165, 1.54) is 0 Å². The molecule has 4 aliphatic rings. The summed E-state index contributed by atoms with van der Waals surface area (Å²) in [5, 5.41) is 7.45. The van der Waals surface area contributed by atoms with Gasteiger partial charge in [-0.15, -0.1) is 0 Å². The van der Waals surface area contributed by atoms with E-state index in [1.807, 2.05) is 21.9 Å². The van der Waals surface area contributed by atoms with Gasteiger partial charge in [0.2, 0.25) is 11.4 Å². The Morgan fingerprint density at radius 3 is 1.63 bits per heavy atom. The number of hydrogen-bond acceptors (Lipinski definition) is 10. The number of anilines is 2. The van der Waals surface area contributed by atoms with E-state index in [2.05, 4.69) is 20.6 Å². The lowest BCUT2D eigenvalue weighted by molar-refractivity contribution is -0.177. The van der Waals surface area contributed by atoms with Gasteiger partial charge in [0.15, 0.2) is 0 Å². The number of piperidine rings is 2. The molecule has 0 aromatic carbocycles. The van der Waals surface area contributed by atoms with Crippen molar-refractivity contribution in [3.8, 4) is 0 Å². The smallest absolute Gasteiger partial charge is 0.333 e. The molecular weight excluding hydrogens is 531 g/mol. The fourth-order valence-electron chi connectivity index (χ4n) is 6.06. The fraction of sp³-hybridized carbons (Fsp3) is 0.462. The van der Waals surface area contributed by atoms with Crippen LogP contribution in [0, 0.1) is 11.8 Å². The molecule has 0 spiro atoms. The first-order valence-electron chi connectivity index (χ1n) is 12.7. The molecule has 4 fully saturated rings. The Bertz CT molecular complexity index is 1150. The molecule has 4 saturated heterocycles. The van der Waals surface area contributed by atoms with E-state index in [4.69, 9.17) is 32.7 Å². The number of carbonyl (C=O) groups is 2. The summed E-state index contributed by atoms with van der Waals surface area (Å²) in [7, 11) is 0. The number of rotatable bonds is 6. The van der Waals surface area contributed by atoms with Crippen LogP contribution >= 0.6 is 23.2 Å². The molecule has 10 nitrogen and oxygen atoms in total. The minimum Gasteiger partial charge on any atom is -0.434 e. The van der Waals surface area contributed by atoms with Crippen LogP contribution < -0.4 is 20.4 Å². The molecule has 38 heavy (non-hydrogen) atoms. The second-order valence-corrected chi connectivity index (χ2v) is 10.9. The molecule has 12 heteroatoms. The molecule has 0 amide bonds. The van der Waals surface area contributed by atoms with Gasteiger partial charge >= 0.3 is 11.9 Å².